The van der Waals surface area contributed by atoms with Crippen molar-refractivity contribution in [2.24, 2.45) is 0 Å². The van der Waals surface area contributed by atoms with Crippen LogP contribution in [0.5, 0.6) is 0 Å². The Morgan fingerprint density at radius 1 is 1.27 bits per heavy atom. The lowest BCUT2D eigenvalue weighted by Gasteiger charge is -2.14. The number of benzene rings is 1. The fourth-order valence-electron chi connectivity index (χ4n) is 2.86. The minimum Gasteiger partial charge on any atom is -0.476 e. The van der Waals surface area contributed by atoms with E-state index in [4.69, 9.17) is 0 Å². The van der Waals surface area contributed by atoms with Gasteiger partial charge in [0.05, 0.1) is 17.6 Å². The quantitative estimate of drug-likeness (QED) is 0.759. The summed E-state index contributed by atoms with van der Waals surface area (Å²) in [6.07, 6.45) is 2.94. The summed E-state index contributed by atoms with van der Waals surface area (Å²) in [5, 5.41) is 20.6. The predicted octanol–water partition coefficient (Wildman–Crippen LogP) is 2.20. The average molecular weight is 298 g/mol. The van der Waals surface area contributed by atoms with E-state index < -0.39 is 5.97 Å². The van der Waals surface area contributed by atoms with Gasteiger partial charge in [-0.2, -0.15) is 10.2 Å². The first-order valence-corrected chi connectivity index (χ1v) is 6.79. The summed E-state index contributed by atoms with van der Waals surface area (Å²) in [7, 11) is 0. The Morgan fingerprint density at radius 3 is 2.77 bits per heavy atom. The van der Waals surface area contributed by atoms with E-state index >= 15 is 0 Å². The number of aromatic nitrogens is 4. The normalized spacial score (nSPS) is 12.8. The van der Waals surface area contributed by atoms with Gasteiger partial charge in [0.15, 0.2) is 5.69 Å². The van der Waals surface area contributed by atoms with Crippen molar-refractivity contribution in [2.45, 2.75) is 12.8 Å². The van der Waals surface area contributed by atoms with Crippen molar-refractivity contribution < 1.29 is 14.3 Å². The van der Waals surface area contributed by atoms with Gasteiger partial charge < -0.3 is 5.11 Å². The van der Waals surface area contributed by atoms with Crippen LogP contribution in [-0.4, -0.2) is 31.1 Å². The molecule has 7 heteroatoms. The van der Waals surface area contributed by atoms with Gasteiger partial charge in [0.1, 0.15) is 5.82 Å². The lowest BCUT2D eigenvalue weighted by molar-refractivity contribution is 0.0688. The number of carboxylic acids is 1. The fraction of sp³-hybridized carbons (Fsp3) is 0.133. The van der Waals surface area contributed by atoms with Crippen molar-refractivity contribution in [2.75, 3.05) is 0 Å². The number of H-pyrrole nitrogens is 1. The van der Waals surface area contributed by atoms with Crippen LogP contribution in [0.1, 0.15) is 21.7 Å². The molecular formula is C15H11FN4O2. The van der Waals surface area contributed by atoms with Crippen LogP contribution < -0.4 is 0 Å². The molecule has 0 saturated heterocycles. The van der Waals surface area contributed by atoms with Crippen LogP contribution in [0.3, 0.4) is 0 Å². The summed E-state index contributed by atoms with van der Waals surface area (Å²) >= 11 is 0. The number of fused-ring (bicyclic) bond motifs is 3. The van der Waals surface area contributed by atoms with Crippen LogP contribution >= 0.6 is 0 Å². The number of aromatic carboxylic acids is 1. The maximum absolute atomic E-state index is 13.1. The van der Waals surface area contributed by atoms with Crippen LogP contribution in [0.2, 0.25) is 0 Å². The first-order chi connectivity index (χ1) is 10.6. The molecule has 6 nitrogen and oxygen atoms in total. The number of carbonyl (C=O) groups is 1. The Hall–Kier alpha value is -2.96. The molecule has 4 rings (SSSR count). The standard InChI is InChI=1S/C15H11FN4O2/c16-8-1-3-9(4-2-8)20-14-10(13(19-20)15(21)22)5-6-12-11(14)7-17-18-12/h1-4,7H,5-6H2,(H,17,18)(H,21,22). The van der Waals surface area contributed by atoms with Gasteiger partial charge in [-0.05, 0) is 37.1 Å². The summed E-state index contributed by atoms with van der Waals surface area (Å²) in [6, 6.07) is 5.79. The molecule has 1 aromatic carbocycles. The molecular weight excluding hydrogens is 287 g/mol. The van der Waals surface area contributed by atoms with E-state index in [2.05, 4.69) is 15.3 Å². The third kappa shape index (κ3) is 1.75. The molecule has 0 amide bonds. The number of hydrogen-bond acceptors (Lipinski definition) is 3. The minimum absolute atomic E-state index is 0.0335. The second kappa shape index (κ2) is 4.52. The SMILES string of the molecule is O=C(O)c1nn(-c2ccc(F)cc2)c2c1CCc1[nH]ncc1-2. The molecule has 2 aromatic heterocycles. The summed E-state index contributed by atoms with van der Waals surface area (Å²) in [4.78, 5) is 11.5. The molecule has 0 bridgehead atoms. The highest BCUT2D eigenvalue weighted by molar-refractivity contribution is 5.90. The molecule has 1 aliphatic rings. The monoisotopic (exact) mass is 298 g/mol. The van der Waals surface area contributed by atoms with Crippen molar-refractivity contribution in [3.8, 4) is 16.9 Å². The lowest BCUT2D eigenvalue weighted by Crippen LogP contribution is -2.07. The Balaban J connectivity index is 2.00. The molecule has 0 radical (unpaired) electrons. The first kappa shape index (κ1) is 12.8. The number of rotatable bonds is 2. The van der Waals surface area contributed by atoms with E-state index in [0.29, 0.717) is 29.8 Å². The van der Waals surface area contributed by atoms with Gasteiger partial charge in [0.25, 0.3) is 0 Å². The van der Waals surface area contributed by atoms with Gasteiger partial charge in [-0.15, -0.1) is 0 Å². The van der Waals surface area contributed by atoms with Crippen molar-refractivity contribution in [3.05, 3.63) is 53.2 Å². The number of halogens is 1. The van der Waals surface area contributed by atoms with Gasteiger partial charge >= 0.3 is 5.97 Å². The Kier molecular flexibility index (Phi) is 2.62. The van der Waals surface area contributed by atoms with Crippen LogP contribution in [0.25, 0.3) is 16.9 Å². The zero-order valence-corrected chi connectivity index (χ0v) is 11.4. The van der Waals surface area contributed by atoms with E-state index in [1.165, 1.54) is 12.1 Å². The molecule has 0 aliphatic heterocycles. The van der Waals surface area contributed by atoms with Crippen LogP contribution in [0.15, 0.2) is 30.5 Å². The number of nitrogens with zero attached hydrogens (tertiary/aromatic N) is 3. The van der Waals surface area contributed by atoms with E-state index in [1.54, 1.807) is 23.0 Å². The van der Waals surface area contributed by atoms with Gasteiger partial charge in [-0.1, -0.05) is 0 Å². The van der Waals surface area contributed by atoms with Gasteiger partial charge in [-0.25, -0.2) is 13.9 Å². The predicted molar refractivity (Wildman–Crippen MR) is 75.5 cm³/mol. The van der Waals surface area contributed by atoms with E-state index in [0.717, 1.165) is 11.3 Å². The number of aromatic amines is 1. The van der Waals surface area contributed by atoms with Crippen molar-refractivity contribution >= 4 is 5.97 Å². The zero-order valence-electron chi connectivity index (χ0n) is 11.4. The van der Waals surface area contributed by atoms with Gasteiger partial charge in [0, 0.05) is 16.8 Å². The summed E-state index contributed by atoms with van der Waals surface area (Å²) in [5.41, 5.74) is 3.83. The number of carboxylic acid groups (broad SMARTS) is 1. The highest BCUT2D eigenvalue weighted by Crippen LogP contribution is 2.35. The molecule has 2 N–H and O–H groups in total. The van der Waals surface area contributed by atoms with Crippen LogP contribution in [0, 0.1) is 5.82 Å². The summed E-state index contributed by atoms with van der Waals surface area (Å²) in [5.74, 6) is -1.42. The van der Waals surface area contributed by atoms with Crippen LogP contribution in [-0.2, 0) is 12.8 Å². The Morgan fingerprint density at radius 2 is 2.05 bits per heavy atom. The summed E-state index contributed by atoms with van der Waals surface area (Å²) in [6.45, 7) is 0. The molecule has 110 valence electrons. The molecule has 0 fully saturated rings. The Bertz CT molecular complexity index is 880. The fourth-order valence-corrected chi connectivity index (χ4v) is 2.86. The van der Waals surface area contributed by atoms with E-state index in [1.807, 2.05) is 0 Å². The molecule has 22 heavy (non-hydrogen) atoms. The average Bonchev–Trinajstić information content (AvgIpc) is 3.11. The maximum atomic E-state index is 13.1. The maximum Gasteiger partial charge on any atom is 0.356 e. The Labute approximate surface area is 124 Å². The minimum atomic E-state index is -1.07. The van der Waals surface area contributed by atoms with Crippen molar-refractivity contribution in [1.82, 2.24) is 20.0 Å². The number of hydrogen-bond donors (Lipinski definition) is 2. The zero-order chi connectivity index (χ0) is 15.3. The first-order valence-electron chi connectivity index (χ1n) is 6.79. The molecule has 0 spiro atoms. The largest absolute Gasteiger partial charge is 0.476 e. The van der Waals surface area contributed by atoms with E-state index in [9.17, 15) is 14.3 Å². The molecule has 1 aliphatic carbocycles. The van der Waals surface area contributed by atoms with E-state index in [-0.39, 0.29) is 11.5 Å². The third-order valence-electron chi connectivity index (χ3n) is 3.86. The van der Waals surface area contributed by atoms with Crippen molar-refractivity contribution in [3.63, 3.8) is 0 Å². The molecule has 2 heterocycles. The highest BCUT2D eigenvalue weighted by atomic mass is 19.1. The summed E-state index contributed by atoms with van der Waals surface area (Å²) < 4.78 is 14.7. The van der Waals surface area contributed by atoms with Gasteiger partial charge in [-0.3, -0.25) is 5.10 Å². The lowest BCUT2D eigenvalue weighted by atomic mass is 9.94. The third-order valence-corrected chi connectivity index (χ3v) is 3.86. The smallest absolute Gasteiger partial charge is 0.356 e. The van der Waals surface area contributed by atoms with Crippen LogP contribution in [0.4, 0.5) is 4.39 Å². The second-order valence-corrected chi connectivity index (χ2v) is 5.13. The molecule has 0 unspecified atom stereocenters. The number of nitrogens with one attached hydrogen (secondary N) is 1. The molecule has 0 atom stereocenters. The molecule has 3 aromatic rings. The van der Waals surface area contributed by atoms with Crippen molar-refractivity contribution in [1.29, 1.82) is 0 Å². The second-order valence-electron chi connectivity index (χ2n) is 5.13. The van der Waals surface area contributed by atoms with Gasteiger partial charge in [0.2, 0.25) is 0 Å². The topological polar surface area (TPSA) is 83.8 Å². The molecule has 0 saturated carbocycles. The number of aryl methyl sites for hydroxylation is 1. The highest BCUT2D eigenvalue weighted by Gasteiger charge is 2.29.